The largest absolute Gasteiger partial charge is 0.496 e. The summed E-state index contributed by atoms with van der Waals surface area (Å²) in [5.74, 6) is 1.88. The Kier molecular flexibility index (Phi) is 4.75. The summed E-state index contributed by atoms with van der Waals surface area (Å²) in [6, 6.07) is 12.9. The van der Waals surface area contributed by atoms with Crippen LogP contribution in [0.3, 0.4) is 0 Å². The van der Waals surface area contributed by atoms with Crippen LogP contribution in [-0.4, -0.2) is 42.7 Å². The van der Waals surface area contributed by atoms with Crippen LogP contribution in [0.1, 0.15) is 24.6 Å². The van der Waals surface area contributed by atoms with Gasteiger partial charge < -0.3 is 19.5 Å². The van der Waals surface area contributed by atoms with Gasteiger partial charge in [0.1, 0.15) is 5.75 Å². The number of aromatic nitrogens is 1. The van der Waals surface area contributed by atoms with E-state index in [0.29, 0.717) is 6.04 Å². The van der Waals surface area contributed by atoms with Gasteiger partial charge in [0.15, 0.2) is 5.96 Å². The molecule has 0 amide bonds. The van der Waals surface area contributed by atoms with Gasteiger partial charge in [0.25, 0.3) is 0 Å². The normalized spacial score (nSPS) is 22.6. The molecule has 1 fully saturated rings. The smallest absolute Gasteiger partial charge is 0.193 e. The van der Waals surface area contributed by atoms with Crippen molar-refractivity contribution in [3.05, 3.63) is 53.9 Å². The van der Waals surface area contributed by atoms with Crippen molar-refractivity contribution >= 4 is 5.96 Å². The minimum absolute atomic E-state index is 0.0777. The number of nitrogens with zero attached hydrogens (tertiary/aromatic N) is 3. The molecular weight excluding hydrogens is 312 g/mol. The number of guanidine groups is 1. The number of methoxy groups -OCH3 is 1. The van der Waals surface area contributed by atoms with Gasteiger partial charge in [0.2, 0.25) is 0 Å². The summed E-state index contributed by atoms with van der Waals surface area (Å²) in [6.45, 7) is 3.11. The summed E-state index contributed by atoms with van der Waals surface area (Å²) < 4.78 is 7.69. The lowest BCUT2D eigenvalue weighted by atomic mass is 9.96. The zero-order chi connectivity index (χ0) is 18.0. The first-order valence-corrected chi connectivity index (χ1v) is 8.67. The van der Waals surface area contributed by atoms with E-state index in [2.05, 4.69) is 71.3 Å². The number of para-hydroxylation sites is 1. The summed E-state index contributed by atoms with van der Waals surface area (Å²) in [5.41, 5.74) is 2.60. The molecule has 1 N–H and O–H groups in total. The van der Waals surface area contributed by atoms with Crippen molar-refractivity contribution in [2.45, 2.75) is 31.3 Å². The quantitative estimate of drug-likeness (QED) is 0.672. The standard InChI is InChI=1S/C20H28N4O/c1-20(16-10-6-7-11-17(16)25-5)13-18(20)22-19(21-2)24(4)14-15-9-8-12-23(15)3/h6-12,18H,13-14H2,1-5H3,(H,21,22). The molecule has 5 heteroatoms. The maximum absolute atomic E-state index is 5.55. The number of benzene rings is 1. The van der Waals surface area contributed by atoms with Crippen molar-refractivity contribution < 1.29 is 4.74 Å². The van der Waals surface area contributed by atoms with Gasteiger partial charge in [-0.15, -0.1) is 0 Å². The van der Waals surface area contributed by atoms with Gasteiger partial charge in [-0.2, -0.15) is 0 Å². The lowest BCUT2D eigenvalue weighted by molar-refractivity contribution is 0.404. The highest BCUT2D eigenvalue weighted by molar-refractivity contribution is 5.80. The van der Waals surface area contributed by atoms with E-state index in [1.54, 1.807) is 7.11 Å². The molecule has 134 valence electrons. The number of hydrogen-bond donors (Lipinski definition) is 1. The van der Waals surface area contributed by atoms with Crippen LogP contribution in [0, 0.1) is 0 Å². The third-order valence-electron chi connectivity index (χ3n) is 5.29. The van der Waals surface area contributed by atoms with Gasteiger partial charge in [0, 0.05) is 50.1 Å². The van der Waals surface area contributed by atoms with Crippen LogP contribution < -0.4 is 10.1 Å². The molecule has 0 saturated heterocycles. The van der Waals surface area contributed by atoms with Gasteiger partial charge >= 0.3 is 0 Å². The zero-order valence-corrected chi connectivity index (χ0v) is 15.8. The molecule has 3 rings (SSSR count). The van der Waals surface area contributed by atoms with Crippen LogP contribution >= 0.6 is 0 Å². The number of aliphatic imine (C=N–C) groups is 1. The number of nitrogens with one attached hydrogen (secondary N) is 1. The summed E-state index contributed by atoms with van der Waals surface area (Å²) in [6.07, 6.45) is 3.14. The Labute approximate surface area is 150 Å². The lowest BCUT2D eigenvalue weighted by Crippen LogP contribution is -2.41. The highest BCUT2D eigenvalue weighted by Gasteiger charge is 2.53. The Morgan fingerprint density at radius 2 is 2.12 bits per heavy atom. The summed E-state index contributed by atoms with van der Waals surface area (Å²) in [7, 11) is 7.72. The van der Waals surface area contributed by atoms with Crippen molar-refractivity contribution in [3.63, 3.8) is 0 Å². The van der Waals surface area contributed by atoms with Crippen molar-refractivity contribution in [1.82, 2.24) is 14.8 Å². The molecule has 2 atom stereocenters. The molecule has 1 saturated carbocycles. The fourth-order valence-electron chi connectivity index (χ4n) is 3.47. The molecule has 0 bridgehead atoms. The van der Waals surface area contributed by atoms with E-state index in [4.69, 9.17) is 4.74 Å². The Balaban J connectivity index is 1.68. The van der Waals surface area contributed by atoms with Crippen molar-refractivity contribution in [2.24, 2.45) is 12.0 Å². The number of aryl methyl sites for hydroxylation is 1. The highest BCUT2D eigenvalue weighted by atomic mass is 16.5. The van der Waals surface area contributed by atoms with Crippen molar-refractivity contribution in [2.75, 3.05) is 21.2 Å². The summed E-state index contributed by atoms with van der Waals surface area (Å²) in [5, 5.41) is 3.62. The summed E-state index contributed by atoms with van der Waals surface area (Å²) in [4.78, 5) is 6.63. The second-order valence-corrected chi connectivity index (χ2v) is 7.03. The Bertz CT molecular complexity index is 767. The molecular formula is C20H28N4O. The number of hydrogen-bond acceptors (Lipinski definition) is 2. The van der Waals surface area contributed by atoms with E-state index < -0.39 is 0 Å². The van der Waals surface area contributed by atoms with E-state index in [1.165, 1.54) is 11.3 Å². The molecule has 0 radical (unpaired) electrons. The van der Waals surface area contributed by atoms with Crippen molar-refractivity contribution in [3.8, 4) is 5.75 Å². The van der Waals surface area contributed by atoms with Gasteiger partial charge in [-0.1, -0.05) is 25.1 Å². The van der Waals surface area contributed by atoms with Gasteiger partial charge in [-0.05, 0) is 24.6 Å². The second-order valence-electron chi connectivity index (χ2n) is 7.03. The first-order chi connectivity index (χ1) is 12.0. The van der Waals surface area contributed by atoms with Crippen LogP contribution in [0.15, 0.2) is 47.6 Å². The minimum atomic E-state index is 0.0777. The Morgan fingerprint density at radius 1 is 1.36 bits per heavy atom. The minimum Gasteiger partial charge on any atom is -0.496 e. The molecule has 0 spiro atoms. The molecule has 2 aromatic rings. The number of ether oxygens (including phenoxy) is 1. The SMILES string of the molecule is CN=C(NC1CC1(C)c1ccccc1OC)N(C)Cc1cccn1C. The zero-order valence-electron chi connectivity index (χ0n) is 15.8. The van der Waals surface area contributed by atoms with E-state index in [-0.39, 0.29) is 5.41 Å². The van der Waals surface area contributed by atoms with E-state index >= 15 is 0 Å². The fourth-order valence-corrected chi connectivity index (χ4v) is 3.47. The molecule has 1 heterocycles. The molecule has 25 heavy (non-hydrogen) atoms. The third-order valence-corrected chi connectivity index (χ3v) is 5.29. The summed E-state index contributed by atoms with van der Waals surface area (Å²) >= 11 is 0. The van der Waals surface area contributed by atoms with Crippen LogP contribution in [0.25, 0.3) is 0 Å². The van der Waals surface area contributed by atoms with Crippen molar-refractivity contribution in [1.29, 1.82) is 0 Å². The molecule has 1 aliphatic carbocycles. The van der Waals surface area contributed by atoms with E-state index in [1.807, 2.05) is 19.2 Å². The fraction of sp³-hybridized carbons (Fsp3) is 0.450. The Hall–Kier alpha value is -2.43. The first-order valence-electron chi connectivity index (χ1n) is 8.67. The Morgan fingerprint density at radius 3 is 2.76 bits per heavy atom. The predicted octanol–water partition coefficient (Wildman–Crippen LogP) is 2.77. The van der Waals surface area contributed by atoms with Gasteiger partial charge in [-0.25, -0.2) is 0 Å². The third kappa shape index (κ3) is 3.36. The topological polar surface area (TPSA) is 41.8 Å². The highest BCUT2D eigenvalue weighted by Crippen LogP contribution is 2.51. The first kappa shape index (κ1) is 17.4. The predicted molar refractivity (Wildman–Crippen MR) is 102 cm³/mol. The second kappa shape index (κ2) is 6.82. The number of rotatable bonds is 5. The lowest BCUT2D eigenvalue weighted by Gasteiger charge is -2.24. The molecule has 0 aliphatic heterocycles. The molecule has 1 aromatic heterocycles. The van der Waals surface area contributed by atoms with Crippen LogP contribution in [0.5, 0.6) is 5.75 Å². The molecule has 2 unspecified atom stereocenters. The maximum atomic E-state index is 5.55. The maximum Gasteiger partial charge on any atom is 0.193 e. The van der Waals surface area contributed by atoms with E-state index in [0.717, 1.165) is 24.7 Å². The average molecular weight is 340 g/mol. The molecule has 5 nitrogen and oxygen atoms in total. The van der Waals surface area contributed by atoms with Crippen LogP contribution in [-0.2, 0) is 19.0 Å². The van der Waals surface area contributed by atoms with Crippen LogP contribution in [0.4, 0.5) is 0 Å². The van der Waals surface area contributed by atoms with Crippen LogP contribution in [0.2, 0.25) is 0 Å². The average Bonchev–Trinajstić information content (AvgIpc) is 3.11. The van der Waals surface area contributed by atoms with Gasteiger partial charge in [0.05, 0.1) is 13.7 Å². The van der Waals surface area contributed by atoms with Gasteiger partial charge in [-0.3, -0.25) is 4.99 Å². The van der Waals surface area contributed by atoms with E-state index in [9.17, 15) is 0 Å². The molecule has 1 aliphatic rings. The monoisotopic (exact) mass is 340 g/mol. The molecule has 1 aromatic carbocycles.